The second-order valence-corrected chi connectivity index (χ2v) is 11.9. The van der Waals surface area contributed by atoms with Crippen LogP contribution in [0.25, 0.3) is 33.4 Å². The van der Waals surface area contributed by atoms with Gasteiger partial charge in [0.05, 0.1) is 16.8 Å². The van der Waals surface area contributed by atoms with Gasteiger partial charge in [-0.1, -0.05) is 17.7 Å². The number of nitrogens with zero attached hydrogens (tertiary/aromatic N) is 6. The summed E-state index contributed by atoms with van der Waals surface area (Å²) >= 11 is 0. The highest BCUT2D eigenvalue weighted by molar-refractivity contribution is 7.90. The van der Waals surface area contributed by atoms with Crippen molar-refractivity contribution in [2.45, 2.75) is 45.2 Å². The second-order valence-electron chi connectivity index (χ2n) is 10.1. The van der Waals surface area contributed by atoms with Crippen LogP contribution in [0.3, 0.4) is 0 Å². The fourth-order valence-electron chi connectivity index (χ4n) is 5.26. The van der Waals surface area contributed by atoms with Gasteiger partial charge in [-0.3, -0.25) is 4.68 Å². The van der Waals surface area contributed by atoms with Gasteiger partial charge in [-0.05, 0) is 81.3 Å². The van der Waals surface area contributed by atoms with Gasteiger partial charge in [0, 0.05) is 54.1 Å². The molecular formula is C29H30N6O2S. The number of benzene rings is 2. The smallest absolute Gasteiger partial charge is 0.269 e. The molecule has 3 aromatic heterocycles. The van der Waals surface area contributed by atoms with Gasteiger partial charge in [-0.15, -0.1) is 10.2 Å². The average molecular weight is 527 g/mol. The Morgan fingerprint density at radius 3 is 2.50 bits per heavy atom. The van der Waals surface area contributed by atoms with E-state index in [0.29, 0.717) is 23.3 Å². The van der Waals surface area contributed by atoms with Crippen molar-refractivity contribution in [2.24, 2.45) is 0 Å². The van der Waals surface area contributed by atoms with Crippen molar-refractivity contribution in [1.29, 1.82) is 0 Å². The molecule has 0 amide bonds. The Labute approximate surface area is 222 Å². The van der Waals surface area contributed by atoms with Crippen molar-refractivity contribution in [1.82, 2.24) is 28.9 Å². The topological polar surface area (TPSA) is 85.9 Å². The van der Waals surface area contributed by atoms with E-state index in [2.05, 4.69) is 46.3 Å². The number of hydrogen-bond donors (Lipinski definition) is 0. The highest BCUT2D eigenvalue weighted by Crippen LogP contribution is 2.35. The number of likely N-dealkylation sites (N-methyl/N-ethyl adjacent to an activating group) is 1. The molecule has 1 aliphatic heterocycles. The molecule has 194 valence electrons. The summed E-state index contributed by atoms with van der Waals surface area (Å²) in [4.78, 5) is 2.52. The van der Waals surface area contributed by atoms with Gasteiger partial charge >= 0.3 is 0 Å². The van der Waals surface area contributed by atoms with E-state index in [1.54, 1.807) is 36.7 Å². The van der Waals surface area contributed by atoms with Crippen LogP contribution in [0.5, 0.6) is 0 Å². The first kappa shape index (κ1) is 24.5. The number of fused-ring (bicyclic) bond motifs is 2. The van der Waals surface area contributed by atoms with Crippen LogP contribution in [0.4, 0.5) is 0 Å². The summed E-state index contributed by atoms with van der Waals surface area (Å²) < 4.78 is 30.5. The number of aromatic nitrogens is 5. The Morgan fingerprint density at radius 2 is 1.76 bits per heavy atom. The molecule has 2 aromatic carbocycles. The van der Waals surface area contributed by atoms with Crippen LogP contribution in [-0.2, 0) is 29.5 Å². The van der Waals surface area contributed by atoms with Crippen LogP contribution in [-0.4, -0.2) is 50.9 Å². The fourth-order valence-corrected chi connectivity index (χ4v) is 6.57. The zero-order valence-corrected chi connectivity index (χ0v) is 22.8. The third-order valence-corrected chi connectivity index (χ3v) is 9.07. The molecule has 0 N–H and O–H groups in total. The summed E-state index contributed by atoms with van der Waals surface area (Å²) in [6, 6.07) is 13.2. The molecule has 0 atom stereocenters. The van der Waals surface area contributed by atoms with Crippen LogP contribution in [0, 0.1) is 13.8 Å². The summed E-state index contributed by atoms with van der Waals surface area (Å²) in [7, 11) is -1.75. The number of rotatable bonds is 5. The average Bonchev–Trinajstić information content (AvgIpc) is 3.53. The lowest BCUT2D eigenvalue weighted by Crippen LogP contribution is -2.27. The van der Waals surface area contributed by atoms with E-state index in [9.17, 15) is 8.42 Å². The highest BCUT2D eigenvalue weighted by Gasteiger charge is 2.25. The molecule has 38 heavy (non-hydrogen) atoms. The minimum Gasteiger partial charge on any atom is -0.302 e. The van der Waals surface area contributed by atoms with Crippen molar-refractivity contribution in [3.8, 4) is 22.4 Å². The molecule has 0 aliphatic carbocycles. The largest absolute Gasteiger partial charge is 0.302 e. The van der Waals surface area contributed by atoms with E-state index < -0.39 is 10.0 Å². The monoisotopic (exact) mass is 526 g/mol. The summed E-state index contributed by atoms with van der Waals surface area (Å²) in [5, 5.41) is 14.2. The van der Waals surface area contributed by atoms with E-state index >= 15 is 0 Å². The predicted molar refractivity (Wildman–Crippen MR) is 148 cm³/mol. The first-order valence-electron chi connectivity index (χ1n) is 12.8. The van der Waals surface area contributed by atoms with E-state index in [1.807, 2.05) is 30.8 Å². The summed E-state index contributed by atoms with van der Waals surface area (Å²) in [6.45, 7) is 8.76. The van der Waals surface area contributed by atoms with Crippen molar-refractivity contribution >= 4 is 21.1 Å². The van der Waals surface area contributed by atoms with Gasteiger partial charge in [0.15, 0.2) is 5.65 Å². The molecule has 0 spiro atoms. The summed E-state index contributed by atoms with van der Waals surface area (Å²) in [5.41, 5.74) is 8.52. The van der Waals surface area contributed by atoms with Gasteiger partial charge < -0.3 is 4.90 Å². The first-order valence-corrected chi connectivity index (χ1v) is 14.2. The van der Waals surface area contributed by atoms with E-state index in [1.165, 1.54) is 20.7 Å². The summed E-state index contributed by atoms with van der Waals surface area (Å²) in [5.74, 6) is 0. The molecule has 5 aromatic rings. The van der Waals surface area contributed by atoms with Crippen molar-refractivity contribution in [2.75, 3.05) is 13.6 Å². The Kier molecular flexibility index (Phi) is 5.92. The van der Waals surface area contributed by atoms with Crippen LogP contribution >= 0.6 is 0 Å². The maximum Gasteiger partial charge on any atom is 0.269 e. The van der Waals surface area contributed by atoms with Gasteiger partial charge in [0.25, 0.3) is 10.0 Å². The Bertz CT molecular complexity index is 1780. The van der Waals surface area contributed by atoms with Gasteiger partial charge in [-0.25, -0.2) is 12.4 Å². The zero-order chi connectivity index (χ0) is 26.6. The molecule has 0 bridgehead atoms. The number of aryl methyl sites for hydroxylation is 3. The molecule has 1 aliphatic rings. The fraction of sp³-hybridized carbons (Fsp3) is 0.276. The lowest BCUT2D eigenvalue weighted by Gasteiger charge is -2.27. The van der Waals surface area contributed by atoms with Crippen molar-refractivity contribution in [3.05, 3.63) is 83.3 Å². The molecule has 0 fully saturated rings. The SMILES string of the molecule is CCn1cc(-c2cn(S(=O)(=O)c3ccc(C)cc3)c3nnc(-c4cc(C)c5c(c4)CN(C)CC5)cc23)cn1. The zero-order valence-electron chi connectivity index (χ0n) is 22.0. The minimum absolute atomic E-state index is 0.205. The molecule has 0 radical (unpaired) electrons. The third kappa shape index (κ3) is 4.12. The van der Waals surface area contributed by atoms with Crippen LogP contribution in [0.2, 0.25) is 0 Å². The molecule has 9 heteroatoms. The third-order valence-electron chi connectivity index (χ3n) is 7.41. The maximum absolute atomic E-state index is 13.7. The molecule has 0 unspecified atom stereocenters. The first-order chi connectivity index (χ1) is 18.2. The molecule has 6 rings (SSSR count). The van der Waals surface area contributed by atoms with E-state index in [-0.39, 0.29) is 4.90 Å². The Hall–Kier alpha value is -3.82. The standard InChI is InChI=1S/C29H30N6O2S/c1-5-34-17-23(15-30-34)27-18-35(38(36,37)24-8-6-19(2)7-9-24)29-26(27)14-28(31-32-29)21-12-20(3)25-10-11-33(4)16-22(25)13-21/h6-9,12-15,17-18H,5,10-11,16H2,1-4H3. The normalized spacial score (nSPS) is 14.2. The quantitative estimate of drug-likeness (QED) is 0.326. The molecule has 4 heterocycles. The van der Waals surface area contributed by atoms with Crippen LogP contribution < -0.4 is 0 Å². The molecule has 8 nitrogen and oxygen atoms in total. The second kappa shape index (κ2) is 9.18. The van der Waals surface area contributed by atoms with Crippen LogP contribution in [0.15, 0.2) is 66.0 Å². The van der Waals surface area contributed by atoms with E-state index in [4.69, 9.17) is 0 Å². The van der Waals surface area contributed by atoms with E-state index in [0.717, 1.165) is 41.8 Å². The molecular weight excluding hydrogens is 496 g/mol. The minimum atomic E-state index is -3.89. The predicted octanol–water partition coefficient (Wildman–Crippen LogP) is 4.82. The van der Waals surface area contributed by atoms with Gasteiger partial charge in [0.2, 0.25) is 0 Å². The van der Waals surface area contributed by atoms with Crippen molar-refractivity contribution in [3.63, 3.8) is 0 Å². The van der Waals surface area contributed by atoms with Gasteiger partial charge in [0.1, 0.15) is 0 Å². The van der Waals surface area contributed by atoms with Crippen molar-refractivity contribution < 1.29 is 8.42 Å². The van der Waals surface area contributed by atoms with Gasteiger partial charge in [-0.2, -0.15) is 5.10 Å². The Balaban J connectivity index is 1.55. The molecule has 0 saturated heterocycles. The lowest BCUT2D eigenvalue weighted by atomic mass is 9.92. The van der Waals surface area contributed by atoms with Crippen LogP contribution in [0.1, 0.15) is 29.2 Å². The number of hydrogen-bond acceptors (Lipinski definition) is 6. The molecule has 0 saturated carbocycles. The lowest BCUT2D eigenvalue weighted by molar-refractivity contribution is 0.312. The Morgan fingerprint density at radius 1 is 0.974 bits per heavy atom. The maximum atomic E-state index is 13.7. The highest BCUT2D eigenvalue weighted by atomic mass is 32.2. The summed E-state index contributed by atoms with van der Waals surface area (Å²) in [6.07, 6.45) is 6.37.